The molecule has 5 N–H and O–H groups in total. The predicted molar refractivity (Wildman–Crippen MR) is 95.9 cm³/mol. The number of carbonyl (C=O) groups excluding carboxylic acids is 1. The lowest BCUT2D eigenvalue weighted by atomic mass is 10.1. The summed E-state index contributed by atoms with van der Waals surface area (Å²) >= 11 is 6.07. The minimum absolute atomic E-state index is 0.0619. The van der Waals surface area contributed by atoms with Gasteiger partial charge in [0.15, 0.2) is 16.7 Å². The number of anilines is 1. The van der Waals surface area contributed by atoms with Gasteiger partial charge in [-0.05, 0) is 12.2 Å². The summed E-state index contributed by atoms with van der Waals surface area (Å²) in [5.74, 6) is -0.551. The summed E-state index contributed by atoms with van der Waals surface area (Å²) < 4.78 is 0. The van der Waals surface area contributed by atoms with E-state index in [-0.39, 0.29) is 29.0 Å². The van der Waals surface area contributed by atoms with Crippen molar-refractivity contribution in [2.45, 2.75) is 0 Å². The molecule has 0 bridgehead atoms. The number of nitrogens with zero attached hydrogens (tertiary/aromatic N) is 5. The summed E-state index contributed by atoms with van der Waals surface area (Å²) in [6, 6.07) is 0. The molecule has 11 heteroatoms. The fourth-order valence-electron chi connectivity index (χ4n) is 2.11. The molecule has 132 valence electrons. The molecule has 0 saturated carbocycles. The molecule has 2 aromatic rings. The first-order chi connectivity index (χ1) is 12.6. The third-order valence-electron chi connectivity index (χ3n) is 3.36. The number of halogens is 1. The number of carbonyl (C=O) groups is 1. The van der Waals surface area contributed by atoms with Crippen LogP contribution in [0.2, 0.25) is 5.15 Å². The summed E-state index contributed by atoms with van der Waals surface area (Å²) in [5.41, 5.74) is 7.00. The lowest BCUT2D eigenvalue weighted by Crippen LogP contribution is -2.29. The number of allylic oxidation sites excluding steroid dienone is 3. The smallest absolute Gasteiger partial charge is 0.274 e. The topological polar surface area (TPSA) is 147 Å². The zero-order valence-corrected chi connectivity index (χ0v) is 14.1. The van der Waals surface area contributed by atoms with Crippen LogP contribution in [-0.2, 0) is 0 Å². The molecule has 0 saturated heterocycles. The number of nitrogen functional groups attached to an aromatic ring is 1. The fourth-order valence-corrected chi connectivity index (χ4v) is 2.32. The minimum Gasteiger partial charge on any atom is -0.382 e. The number of hydrogen-bond acceptors (Lipinski definition) is 8. The van der Waals surface area contributed by atoms with Crippen molar-refractivity contribution < 1.29 is 4.79 Å². The van der Waals surface area contributed by atoms with Crippen molar-refractivity contribution in [2.24, 2.45) is 0 Å². The Hall–Kier alpha value is -3.53. The average molecular weight is 372 g/mol. The predicted octanol–water partition coefficient (Wildman–Crippen LogP) is 0.599. The zero-order chi connectivity index (χ0) is 18.5. The van der Waals surface area contributed by atoms with E-state index in [0.717, 1.165) is 11.0 Å². The second-order valence-corrected chi connectivity index (χ2v) is 5.38. The second kappa shape index (κ2) is 7.57. The average Bonchev–Trinajstić information content (AvgIpc) is 3.19. The first-order valence-electron chi connectivity index (χ1n) is 7.41. The van der Waals surface area contributed by atoms with Crippen molar-refractivity contribution in [1.29, 1.82) is 5.41 Å². The van der Waals surface area contributed by atoms with E-state index in [1.54, 1.807) is 12.3 Å². The molecule has 3 rings (SSSR count). The first kappa shape index (κ1) is 17.3. The number of nitrogens with two attached hydrogens (primary N) is 1. The second-order valence-electron chi connectivity index (χ2n) is 5.02. The molecule has 0 aliphatic carbocycles. The van der Waals surface area contributed by atoms with Crippen LogP contribution in [0.1, 0.15) is 10.5 Å². The minimum atomic E-state index is -0.563. The molecular weight excluding hydrogens is 358 g/mol. The van der Waals surface area contributed by atoms with Gasteiger partial charge in [-0.25, -0.2) is 9.97 Å². The fraction of sp³-hybridized carbons (Fsp3) is 0.0667. The van der Waals surface area contributed by atoms with E-state index in [9.17, 15) is 4.79 Å². The van der Waals surface area contributed by atoms with Crippen LogP contribution >= 0.6 is 11.6 Å². The maximum Gasteiger partial charge on any atom is 0.274 e. The Kier molecular flexibility index (Phi) is 5.04. The van der Waals surface area contributed by atoms with Crippen molar-refractivity contribution >= 4 is 29.5 Å². The molecular formula is C15H14ClN9O. The lowest BCUT2D eigenvalue weighted by molar-refractivity contribution is 0.0953. The third-order valence-corrected chi connectivity index (χ3v) is 3.61. The lowest BCUT2D eigenvalue weighted by Gasteiger charge is -2.12. The Morgan fingerprint density at radius 2 is 2.12 bits per heavy atom. The Balaban J connectivity index is 1.78. The number of nitrogens with one attached hydrogen (secondary N) is 3. The SMILES string of the molecule is N=C/C(CNC(=O)c1nc(Cl)c(-n2nccn2)nc1N)=C1/C=CC=CN1. The number of hydrogen-bond donors (Lipinski definition) is 4. The Morgan fingerprint density at radius 1 is 1.35 bits per heavy atom. The maximum atomic E-state index is 12.4. The van der Waals surface area contributed by atoms with Gasteiger partial charge in [0.1, 0.15) is 0 Å². The van der Waals surface area contributed by atoms with E-state index in [1.165, 1.54) is 12.4 Å². The van der Waals surface area contributed by atoms with Crippen LogP contribution in [0.5, 0.6) is 0 Å². The van der Waals surface area contributed by atoms with Crippen molar-refractivity contribution in [3.8, 4) is 5.82 Å². The van der Waals surface area contributed by atoms with Gasteiger partial charge in [-0.3, -0.25) is 4.79 Å². The molecule has 1 aliphatic heterocycles. The van der Waals surface area contributed by atoms with Gasteiger partial charge in [-0.2, -0.15) is 10.2 Å². The van der Waals surface area contributed by atoms with E-state index in [1.807, 2.05) is 12.2 Å². The highest BCUT2D eigenvalue weighted by Crippen LogP contribution is 2.18. The Labute approximate surface area is 153 Å². The van der Waals surface area contributed by atoms with Crippen molar-refractivity contribution in [3.05, 3.63) is 58.9 Å². The molecule has 3 heterocycles. The standard InChI is InChI=1S/C15H14ClN9O/c16-12-14(25-21-5-6-22-25)24-13(18)11(23-12)15(26)20-8-9(7-17)10-3-1-2-4-19-10/h1-7,17,19H,8H2,(H2,18,24)(H,20,26)/b10-9+,17-7?. The van der Waals surface area contributed by atoms with Crippen molar-refractivity contribution in [2.75, 3.05) is 12.3 Å². The van der Waals surface area contributed by atoms with Crippen LogP contribution in [-0.4, -0.2) is 43.6 Å². The number of aromatic nitrogens is 5. The van der Waals surface area contributed by atoms with E-state index < -0.39 is 5.91 Å². The van der Waals surface area contributed by atoms with Gasteiger partial charge >= 0.3 is 0 Å². The highest BCUT2D eigenvalue weighted by atomic mass is 35.5. The largest absolute Gasteiger partial charge is 0.382 e. The first-order valence-corrected chi connectivity index (χ1v) is 7.79. The van der Waals surface area contributed by atoms with Crippen LogP contribution in [0.3, 0.4) is 0 Å². The molecule has 1 aliphatic rings. The Morgan fingerprint density at radius 3 is 2.77 bits per heavy atom. The number of dihydropyridines is 1. The van der Waals surface area contributed by atoms with Gasteiger partial charge in [0.05, 0.1) is 12.4 Å². The number of rotatable bonds is 5. The van der Waals surface area contributed by atoms with Crippen LogP contribution < -0.4 is 16.4 Å². The van der Waals surface area contributed by atoms with Gasteiger partial charge in [-0.15, -0.1) is 4.80 Å². The van der Waals surface area contributed by atoms with Gasteiger partial charge in [0.2, 0.25) is 5.82 Å². The quantitative estimate of drug-likeness (QED) is 0.562. The van der Waals surface area contributed by atoms with Crippen LogP contribution in [0.4, 0.5) is 5.82 Å². The summed E-state index contributed by atoms with van der Waals surface area (Å²) in [6.07, 6.45) is 11.2. The summed E-state index contributed by atoms with van der Waals surface area (Å²) in [5, 5.41) is 20.9. The highest BCUT2D eigenvalue weighted by Gasteiger charge is 2.19. The van der Waals surface area contributed by atoms with Gasteiger partial charge in [-0.1, -0.05) is 17.7 Å². The molecule has 0 unspecified atom stereocenters. The highest BCUT2D eigenvalue weighted by molar-refractivity contribution is 6.31. The molecule has 0 fully saturated rings. The maximum absolute atomic E-state index is 12.4. The van der Waals surface area contributed by atoms with Crippen LogP contribution in [0.25, 0.3) is 5.82 Å². The number of amides is 1. The Bertz CT molecular complexity index is 931. The molecule has 0 aromatic carbocycles. The summed E-state index contributed by atoms with van der Waals surface area (Å²) in [6.45, 7) is 0.101. The molecule has 1 amide bonds. The van der Waals surface area contributed by atoms with E-state index in [2.05, 4.69) is 30.8 Å². The summed E-state index contributed by atoms with van der Waals surface area (Å²) in [4.78, 5) is 21.6. The molecule has 10 nitrogen and oxygen atoms in total. The van der Waals surface area contributed by atoms with Gasteiger partial charge < -0.3 is 21.8 Å². The molecule has 0 spiro atoms. The third kappa shape index (κ3) is 3.59. The van der Waals surface area contributed by atoms with Gasteiger partial charge in [0, 0.05) is 30.2 Å². The molecule has 0 atom stereocenters. The van der Waals surface area contributed by atoms with Crippen molar-refractivity contribution in [3.63, 3.8) is 0 Å². The van der Waals surface area contributed by atoms with E-state index in [4.69, 9.17) is 22.7 Å². The van der Waals surface area contributed by atoms with E-state index >= 15 is 0 Å². The molecule has 0 radical (unpaired) electrons. The zero-order valence-electron chi connectivity index (χ0n) is 13.3. The molecule has 26 heavy (non-hydrogen) atoms. The molecule has 2 aromatic heterocycles. The van der Waals surface area contributed by atoms with E-state index in [0.29, 0.717) is 11.3 Å². The van der Waals surface area contributed by atoms with Crippen molar-refractivity contribution in [1.82, 2.24) is 35.6 Å². The summed E-state index contributed by atoms with van der Waals surface area (Å²) in [7, 11) is 0. The van der Waals surface area contributed by atoms with Crippen LogP contribution in [0.15, 0.2) is 48.1 Å². The monoisotopic (exact) mass is 371 g/mol. The van der Waals surface area contributed by atoms with Gasteiger partial charge in [0.25, 0.3) is 5.91 Å². The normalized spacial score (nSPS) is 14.7. The van der Waals surface area contributed by atoms with Crippen LogP contribution in [0, 0.1) is 5.41 Å².